The second-order valence-electron chi connectivity index (χ2n) is 4.74. The van der Waals surface area contributed by atoms with Crippen LogP contribution in [0.1, 0.15) is 25.7 Å². The minimum atomic E-state index is -2.92. The van der Waals surface area contributed by atoms with E-state index in [2.05, 4.69) is 5.32 Å². The van der Waals surface area contributed by atoms with E-state index in [-0.39, 0.29) is 0 Å². The van der Waals surface area contributed by atoms with Crippen molar-refractivity contribution in [3.63, 3.8) is 0 Å². The fraction of sp³-hybridized carbons (Fsp3) is 1.00. The van der Waals surface area contributed by atoms with Crippen molar-refractivity contribution in [2.75, 3.05) is 38.5 Å². The Balaban J connectivity index is 1.60. The number of sulfonamides is 1. The van der Waals surface area contributed by atoms with E-state index >= 15 is 0 Å². The van der Waals surface area contributed by atoms with E-state index in [9.17, 15) is 8.42 Å². The summed E-state index contributed by atoms with van der Waals surface area (Å²) >= 11 is 0. The molecule has 0 unspecified atom stereocenters. The van der Waals surface area contributed by atoms with Crippen LogP contribution in [-0.2, 0) is 14.8 Å². The number of hydrogen-bond acceptors (Lipinski definition) is 4. The fourth-order valence-electron chi connectivity index (χ4n) is 2.40. The average molecular weight is 262 g/mol. The van der Waals surface area contributed by atoms with Crippen molar-refractivity contribution in [2.45, 2.75) is 31.8 Å². The van der Waals surface area contributed by atoms with Crippen molar-refractivity contribution < 1.29 is 13.2 Å². The molecule has 0 atom stereocenters. The fourth-order valence-corrected chi connectivity index (χ4v) is 3.96. The van der Waals surface area contributed by atoms with Gasteiger partial charge in [0.25, 0.3) is 0 Å². The van der Waals surface area contributed by atoms with Gasteiger partial charge in [0.05, 0.1) is 11.9 Å². The Labute approximate surface area is 104 Å². The molecule has 2 aliphatic heterocycles. The Morgan fingerprint density at radius 2 is 2.06 bits per heavy atom. The number of rotatable bonds is 5. The van der Waals surface area contributed by atoms with E-state index in [1.54, 1.807) is 4.31 Å². The number of hydrogen-bond donors (Lipinski definition) is 1. The molecule has 0 aromatic heterocycles. The Bertz CT molecular complexity index is 326. The predicted molar refractivity (Wildman–Crippen MR) is 66.4 cm³/mol. The Kier molecular flexibility index (Phi) is 4.78. The zero-order valence-electron chi connectivity index (χ0n) is 10.2. The molecule has 2 heterocycles. The number of nitrogens with zero attached hydrogens (tertiary/aromatic N) is 1. The third kappa shape index (κ3) is 3.91. The minimum absolute atomic E-state index is 0.322. The lowest BCUT2D eigenvalue weighted by Crippen LogP contribution is -2.33. The smallest absolute Gasteiger partial charge is 0.214 e. The number of nitrogens with one attached hydrogen (secondary N) is 1. The van der Waals surface area contributed by atoms with Gasteiger partial charge in [-0.2, -0.15) is 0 Å². The molecular weight excluding hydrogens is 240 g/mol. The molecule has 2 saturated heterocycles. The number of piperidine rings is 1. The summed E-state index contributed by atoms with van der Waals surface area (Å²) in [6, 6.07) is 0. The molecule has 2 rings (SSSR count). The van der Waals surface area contributed by atoms with Crippen LogP contribution in [0.4, 0.5) is 0 Å². The maximum absolute atomic E-state index is 11.5. The highest BCUT2D eigenvalue weighted by molar-refractivity contribution is 7.89. The van der Waals surface area contributed by atoms with Gasteiger partial charge in [0.1, 0.15) is 0 Å². The number of ether oxygens (including phenoxy) is 1. The van der Waals surface area contributed by atoms with Gasteiger partial charge in [0, 0.05) is 19.7 Å². The summed E-state index contributed by atoms with van der Waals surface area (Å²) < 4.78 is 30.4. The molecule has 0 aromatic rings. The highest BCUT2D eigenvalue weighted by Gasteiger charge is 2.27. The van der Waals surface area contributed by atoms with Crippen molar-refractivity contribution in [1.82, 2.24) is 9.62 Å². The van der Waals surface area contributed by atoms with Gasteiger partial charge >= 0.3 is 0 Å². The molecule has 0 aromatic carbocycles. The van der Waals surface area contributed by atoms with E-state index in [0.717, 1.165) is 38.8 Å². The molecule has 0 radical (unpaired) electrons. The summed E-state index contributed by atoms with van der Waals surface area (Å²) in [5, 5.41) is 3.29. The van der Waals surface area contributed by atoms with Crippen molar-refractivity contribution in [1.29, 1.82) is 0 Å². The van der Waals surface area contributed by atoms with Gasteiger partial charge < -0.3 is 10.1 Å². The lowest BCUT2D eigenvalue weighted by molar-refractivity contribution is 0.0302. The van der Waals surface area contributed by atoms with Crippen LogP contribution in [0, 0.1) is 0 Å². The molecule has 0 saturated carbocycles. The second-order valence-corrected chi connectivity index (χ2v) is 6.83. The first kappa shape index (κ1) is 13.3. The molecular formula is C11H22N2O3S. The summed E-state index contributed by atoms with van der Waals surface area (Å²) in [5.74, 6) is 0.322. The first-order valence-corrected chi connectivity index (χ1v) is 8.09. The molecule has 0 aliphatic carbocycles. The molecule has 5 nitrogen and oxygen atoms in total. The summed E-state index contributed by atoms with van der Waals surface area (Å²) in [6.07, 6.45) is 4.09. The molecule has 100 valence electrons. The lowest BCUT2D eigenvalue weighted by atomic mass is 10.1. The molecule has 6 heteroatoms. The molecule has 0 amide bonds. The summed E-state index contributed by atoms with van der Waals surface area (Å²) in [4.78, 5) is 0. The lowest BCUT2D eigenvalue weighted by Gasteiger charge is -2.23. The standard InChI is InChI=1S/C11H22N2O3S/c14-17(15)10-2-8-13(17)7-1-9-16-11-3-5-12-6-4-11/h11-12H,1-10H2. The molecule has 17 heavy (non-hydrogen) atoms. The molecule has 1 N–H and O–H groups in total. The SMILES string of the molecule is O=S1(=O)CCCN1CCCOC1CCNCC1. The molecule has 2 aliphatic rings. The molecule has 2 fully saturated rings. The van der Waals surface area contributed by atoms with Gasteiger partial charge in [-0.3, -0.25) is 0 Å². The zero-order chi connectivity index (χ0) is 12.1. The first-order chi connectivity index (χ1) is 8.18. The molecule has 0 spiro atoms. The second kappa shape index (κ2) is 6.13. The van der Waals surface area contributed by atoms with Crippen LogP contribution >= 0.6 is 0 Å². The quantitative estimate of drug-likeness (QED) is 0.718. The monoisotopic (exact) mass is 262 g/mol. The van der Waals surface area contributed by atoms with Crippen LogP contribution in [0.25, 0.3) is 0 Å². The van der Waals surface area contributed by atoms with Crippen LogP contribution in [0.2, 0.25) is 0 Å². The first-order valence-electron chi connectivity index (χ1n) is 6.49. The Morgan fingerprint density at radius 3 is 2.71 bits per heavy atom. The van der Waals surface area contributed by atoms with Gasteiger partial charge in [-0.25, -0.2) is 12.7 Å². The van der Waals surface area contributed by atoms with Crippen LogP contribution < -0.4 is 5.32 Å². The maximum Gasteiger partial charge on any atom is 0.214 e. The Morgan fingerprint density at radius 1 is 1.29 bits per heavy atom. The van der Waals surface area contributed by atoms with Gasteiger partial charge in [-0.05, 0) is 38.8 Å². The van der Waals surface area contributed by atoms with Crippen LogP contribution in [0.5, 0.6) is 0 Å². The van der Waals surface area contributed by atoms with Gasteiger partial charge in [-0.1, -0.05) is 0 Å². The molecule has 0 bridgehead atoms. The van der Waals surface area contributed by atoms with Gasteiger partial charge in [0.15, 0.2) is 0 Å². The third-order valence-corrected chi connectivity index (χ3v) is 5.35. The summed E-state index contributed by atoms with van der Waals surface area (Å²) in [5.41, 5.74) is 0. The van der Waals surface area contributed by atoms with Gasteiger partial charge in [0.2, 0.25) is 10.0 Å². The van der Waals surface area contributed by atoms with Crippen LogP contribution in [0.3, 0.4) is 0 Å². The van der Waals surface area contributed by atoms with Crippen molar-refractivity contribution >= 4 is 10.0 Å². The maximum atomic E-state index is 11.5. The predicted octanol–water partition coefficient (Wildman–Crippen LogP) is 0.181. The minimum Gasteiger partial charge on any atom is -0.378 e. The van der Waals surface area contributed by atoms with E-state index in [0.29, 0.717) is 31.6 Å². The normalized spacial score (nSPS) is 26.4. The highest BCUT2D eigenvalue weighted by Crippen LogP contribution is 2.14. The summed E-state index contributed by atoms with van der Waals surface area (Å²) in [6.45, 7) is 4.05. The van der Waals surface area contributed by atoms with Crippen LogP contribution in [-0.4, -0.2) is 57.4 Å². The largest absolute Gasteiger partial charge is 0.378 e. The average Bonchev–Trinajstić information content (AvgIpc) is 2.66. The summed E-state index contributed by atoms with van der Waals surface area (Å²) in [7, 11) is -2.92. The Hall–Kier alpha value is -0.170. The van der Waals surface area contributed by atoms with E-state index in [4.69, 9.17) is 4.74 Å². The van der Waals surface area contributed by atoms with Gasteiger partial charge in [-0.15, -0.1) is 0 Å². The van der Waals surface area contributed by atoms with E-state index in [1.807, 2.05) is 0 Å². The van der Waals surface area contributed by atoms with Crippen molar-refractivity contribution in [3.8, 4) is 0 Å². The van der Waals surface area contributed by atoms with E-state index in [1.165, 1.54) is 0 Å². The van der Waals surface area contributed by atoms with Crippen molar-refractivity contribution in [3.05, 3.63) is 0 Å². The highest BCUT2D eigenvalue weighted by atomic mass is 32.2. The van der Waals surface area contributed by atoms with Crippen molar-refractivity contribution in [2.24, 2.45) is 0 Å². The topological polar surface area (TPSA) is 58.6 Å². The van der Waals surface area contributed by atoms with E-state index < -0.39 is 10.0 Å². The zero-order valence-corrected chi connectivity index (χ0v) is 11.0. The third-order valence-electron chi connectivity index (χ3n) is 3.39. The van der Waals surface area contributed by atoms with Crippen LogP contribution in [0.15, 0.2) is 0 Å².